The monoisotopic (exact) mass is 368 g/mol. The van der Waals surface area contributed by atoms with Crippen LogP contribution in [0.25, 0.3) is 0 Å². The van der Waals surface area contributed by atoms with Crippen LogP contribution in [-0.2, 0) is 4.74 Å². The average Bonchev–Trinajstić information content (AvgIpc) is 2.74. The number of piperidine rings is 1. The molecule has 8 heteroatoms. The summed E-state index contributed by atoms with van der Waals surface area (Å²) >= 11 is 0. The number of carbonyl (C=O) groups excluding carboxylic acids is 1. The Bertz CT molecular complexity index is 786. The fourth-order valence-corrected chi connectivity index (χ4v) is 3.62. The molecule has 2 aliphatic heterocycles. The molecule has 0 N–H and O–H groups in total. The van der Waals surface area contributed by atoms with E-state index >= 15 is 0 Å². The Labute approximate surface area is 158 Å². The van der Waals surface area contributed by atoms with Crippen LogP contribution in [-0.4, -0.2) is 70.1 Å². The van der Waals surface area contributed by atoms with Crippen molar-refractivity contribution in [3.63, 3.8) is 0 Å². The normalized spacial score (nSPS) is 18.6. The lowest BCUT2D eigenvalue weighted by Gasteiger charge is -2.32. The minimum absolute atomic E-state index is 0.0549. The molecule has 0 bridgehead atoms. The Kier molecular flexibility index (Phi) is 5.24. The van der Waals surface area contributed by atoms with E-state index in [9.17, 15) is 4.79 Å². The van der Waals surface area contributed by atoms with Gasteiger partial charge in [0.1, 0.15) is 17.3 Å². The molecule has 0 unspecified atom stereocenters. The second kappa shape index (κ2) is 7.96. The van der Waals surface area contributed by atoms with Crippen LogP contribution in [0.15, 0.2) is 24.7 Å². The summed E-state index contributed by atoms with van der Waals surface area (Å²) in [4.78, 5) is 34.3. The number of ether oxygens (including phenoxy) is 1. The molecule has 0 aromatic carbocycles. The summed E-state index contributed by atoms with van der Waals surface area (Å²) in [5.41, 5.74) is 1.39. The largest absolute Gasteiger partial charge is 0.378 e. The van der Waals surface area contributed by atoms with Crippen molar-refractivity contribution in [2.45, 2.75) is 25.7 Å². The molecule has 4 heterocycles. The molecule has 0 saturated carbocycles. The maximum Gasteiger partial charge on any atom is 0.274 e. The molecule has 2 fully saturated rings. The third-order valence-electron chi connectivity index (χ3n) is 5.12. The molecule has 27 heavy (non-hydrogen) atoms. The standard InChI is InChI=1S/C19H24N6O2/c1-14-12-17(24-8-10-27-11-9-24)23-18(22-14)15-2-6-25(7-3-15)19(26)16-13-20-4-5-21-16/h4-5,12-13,15H,2-3,6-11H2,1H3. The van der Waals surface area contributed by atoms with E-state index in [1.54, 1.807) is 12.4 Å². The maximum atomic E-state index is 12.5. The summed E-state index contributed by atoms with van der Waals surface area (Å²) < 4.78 is 5.44. The predicted molar refractivity (Wildman–Crippen MR) is 99.7 cm³/mol. The highest BCUT2D eigenvalue weighted by atomic mass is 16.5. The average molecular weight is 368 g/mol. The van der Waals surface area contributed by atoms with E-state index in [1.165, 1.54) is 6.20 Å². The Hall–Kier alpha value is -2.61. The van der Waals surface area contributed by atoms with E-state index in [0.29, 0.717) is 18.8 Å². The van der Waals surface area contributed by atoms with Gasteiger partial charge in [0.2, 0.25) is 0 Å². The number of aromatic nitrogens is 4. The van der Waals surface area contributed by atoms with E-state index in [4.69, 9.17) is 9.72 Å². The van der Waals surface area contributed by atoms with Gasteiger partial charge in [-0.2, -0.15) is 0 Å². The van der Waals surface area contributed by atoms with Gasteiger partial charge in [0.25, 0.3) is 5.91 Å². The first kappa shape index (κ1) is 17.8. The number of hydrogen-bond acceptors (Lipinski definition) is 7. The van der Waals surface area contributed by atoms with E-state index in [-0.39, 0.29) is 11.8 Å². The maximum absolute atomic E-state index is 12.5. The highest BCUT2D eigenvalue weighted by molar-refractivity contribution is 5.92. The minimum atomic E-state index is -0.0549. The van der Waals surface area contributed by atoms with Crippen LogP contribution >= 0.6 is 0 Å². The second-order valence-electron chi connectivity index (χ2n) is 6.98. The van der Waals surface area contributed by atoms with Gasteiger partial charge in [-0.25, -0.2) is 15.0 Å². The Morgan fingerprint density at radius 2 is 1.89 bits per heavy atom. The second-order valence-corrected chi connectivity index (χ2v) is 6.98. The van der Waals surface area contributed by atoms with Crippen molar-refractivity contribution in [1.82, 2.24) is 24.8 Å². The van der Waals surface area contributed by atoms with Gasteiger partial charge in [0.05, 0.1) is 19.4 Å². The van der Waals surface area contributed by atoms with Gasteiger partial charge in [0.15, 0.2) is 0 Å². The zero-order valence-corrected chi connectivity index (χ0v) is 15.5. The number of morpholine rings is 1. The summed E-state index contributed by atoms with van der Waals surface area (Å²) in [7, 11) is 0. The van der Waals surface area contributed by atoms with Gasteiger partial charge in [-0.05, 0) is 19.8 Å². The van der Waals surface area contributed by atoms with Gasteiger partial charge in [0, 0.05) is 56.3 Å². The quantitative estimate of drug-likeness (QED) is 0.810. The van der Waals surface area contributed by atoms with Gasteiger partial charge >= 0.3 is 0 Å². The molecule has 2 aliphatic rings. The van der Waals surface area contributed by atoms with Crippen molar-refractivity contribution in [1.29, 1.82) is 0 Å². The van der Waals surface area contributed by atoms with E-state index in [2.05, 4.69) is 19.9 Å². The Morgan fingerprint density at radius 1 is 1.11 bits per heavy atom. The summed E-state index contributed by atoms with van der Waals surface area (Å²) in [6.07, 6.45) is 6.36. The van der Waals surface area contributed by atoms with E-state index < -0.39 is 0 Å². The minimum Gasteiger partial charge on any atom is -0.378 e. The number of nitrogens with zero attached hydrogens (tertiary/aromatic N) is 6. The van der Waals surface area contributed by atoms with Crippen LogP contribution in [0.5, 0.6) is 0 Å². The molecule has 0 atom stereocenters. The van der Waals surface area contributed by atoms with Gasteiger partial charge < -0.3 is 14.5 Å². The lowest BCUT2D eigenvalue weighted by Crippen LogP contribution is -2.39. The van der Waals surface area contributed by atoms with Crippen LogP contribution in [0.4, 0.5) is 5.82 Å². The lowest BCUT2D eigenvalue weighted by atomic mass is 9.95. The summed E-state index contributed by atoms with van der Waals surface area (Å²) in [6.45, 7) is 6.58. The van der Waals surface area contributed by atoms with Gasteiger partial charge in [-0.15, -0.1) is 0 Å². The van der Waals surface area contributed by atoms with Crippen molar-refractivity contribution < 1.29 is 9.53 Å². The van der Waals surface area contributed by atoms with Crippen LogP contribution < -0.4 is 4.90 Å². The molecular formula is C19H24N6O2. The molecule has 1 amide bonds. The van der Waals surface area contributed by atoms with Crippen LogP contribution in [0.3, 0.4) is 0 Å². The highest BCUT2D eigenvalue weighted by Crippen LogP contribution is 2.28. The summed E-state index contributed by atoms with van der Waals surface area (Å²) in [5.74, 6) is 2.10. The third-order valence-corrected chi connectivity index (χ3v) is 5.12. The number of hydrogen-bond donors (Lipinski definition) is 0. The van der Waals surface area contributed by atoms with Crippen molar-refractivity contribution in [2.75, 3.05) is 44.3 Å². The smallest absolute Gasteiger partial charge is 0.274 e. The molecule has 4 rings (SSSR count). The Morgan fingerprint density at radius 3 is 2.59 bits per heavy atom. The van der Waals surface area contributed by atoms with Crippen molar-refractivity contribution in [2.24, 2.45) is 0 Å². The number of amides is 1. The first-order chi connectivity index (χ1) is 13.2. The molecular weight excluding hydrogens is 344 g/mol. The van der Waals surface area contributed by atoms with Crippen molar-refractivity contribution >= 4 is 11.7 Å². The zero-order chi connectivity index (χ0) is 18.6. The SMILES string of the molecule is Cc1cc(N2CCOCC2)nc(C2CCN(C(=O)c3cnccn3)CC2)n1. The van der Waals surface area contributed by atoms with Gasteiger partial charge in [-0.3, -0.25) is 9.78 Å². The molecule has 142 valence electrons. The first-order valence-corrected chi connectivity index (χ1v) is 9.44. The van der Waals surface area contributed by atoms with Crippen LogP contribution in [0, 0.1) is 6.92 Å². The Balaban J connectivity index is 1.43. The lowest BCUT2D eigenvalue weighted by molar-refractivity contribution is 0.0704. The number of carbonyl (C=O) groups is 1. The van der Waals surface area contributed by atoms with Gasteiger partial charge in [-0.1, -0.05) is 0 Å². The number of likely N-dealkylation sites (tertiary alicyclic amines) is 1. The first-order valence-electron chi connectivity index (χ1n) is 9.44. The number of anilines is 1. The number of rotatable bonds is 3. The fraction of sp³-hybridized carbons (Fsp3) is 0.526. The topological polar surface area (TPSA) is 84.3 Å². The van der Waals surface area contributed by atoms with Crippen LogP contribution in [0.2, 0.25) is 0 Å². The summed E-state index contributed by atoms with van der Waals surface area (Å²) in [5, 5.41) is 0. The third kappa shape index (κ3) is 4.05. The van der Waals surface area contributed by atoms with Crippen molar-refractivity contribution in [3.05, 3.63) is 41.9 Å². The molecule has 2 aromatic rings. The molecule has 8 nitrogen and oxygen atoms in total. The molecule has 2 aromatic heterocycles. The van der Waals surface area contributed by atoms with Crippen LogP contribution in [0.1, 0.15) is 40.8 Å². The van der Waals surface area contributed by atoms with E-state index in [0.717, 1.165) is 56.5 Å². The molecule has 2 saturated heterocycles. The van der Waals surface area contributed by atoms with Crippen molar-refractivity contribution in [3.8, 4) is 0 Å². The fourth-order valence-electron chi connectivity index (χ4n) is 3.62. The zero-order valence-electron chi connectivity index (χ0n) is 15.5. The predicted octanol–water partition coefficient (Wildman–Crippen LogP) is 1.43. The highest BCUT2D eigenvalue weighted by Gasteiger charge is 2.27. The van der Waals surface area contributed by atoms with E-state index in [1.807, 2.05) is 17.9 Å². The summed E-state index contributed by atoms with van der Waals surface area (Å²) in [6, 6.07) is 2.04. The molecule has 0 radical (unpaired) electrons. The molecule has 0 spiro atoms. The molecule has 0 aliphatic carbocycles. The number of aryl methyl sites for hydroxylation is 1.